The first-order valence-corrected chi connectivity index (χ1v) is 5.98. The zero-order chi connectivity index (χ0) is 10.8. The molecule has 4 heteroatoms. The predicted molar refractivity (Wildman–Crippen MR) is 56.8 cm³/mol. The Morgan fingerprint density at radius 2 is 2.20 bits per heavy atom. The van der Waals surface area contributed by atoms with Crippen LogP contribution < -0.4 is 0 Å². The maximum absolute atomic E-state index is 13.4. The standard InChI is InChI=1S/C11H12F2OS/c12-8-4-1-3-7(10(8)13)11(14)9-5-2-6-15-9/h1,3-4,9,11,14H,2,5-6H2. The fourth-order valence-corrected chi connectivity index (χ4v) is 3.10. The molecule has 0 bridgehead atoms. The van der Waals surface area contributed by atoms with Gasteiger partial charge in [-0.05, 0) is 24.7 Å². The summed E-state index contributed by atoms with van der Waals surface area (Å²) in [5.41, 5.74) is 0.0781. The molecule has 0 amide bonds. The molecule has 1 aliphatic heterocycles. The first kappa shape index (κ1) is 10.9. The monoisotopic (exact) mass is 230 g/mol. The van der Waals surface area contributed by atoms with Gasteiger partial charge in [-0.2, -0.15) is 11.8 Å². The summed E-state index contributed by atoms with van der Waals surface area (Å²) in [6.07, 6.45) is 0.999. The molecule has 2 unspecified atom stereocenters. The molecule has 0 saturated carbocycles. The summed E-state index contributed by atoms with van der Waals surface area (Å²) < 4.78 is 26.3. The van der Waals surface area contributed by atoms with Crippen molar-refractivity contribution in [2.45, 2.75) is 24.2 Å². The molecule has 0 radical (unpaired) electrons. The third-order valence-electron chi connectivity index (χ3n) is 2.62. The minimum Gasteiger partial charge on any atom is -0.387 e. The van der Waals surface area contributed by atoms with E-state index in [-0.39, 0.29) is 10.8 Å². The maximum atomic E-state index is 13.4. The Bertz CT molecular complexity index is 350. The van der Waals surface area contributed by atoms with Crippen molar-refractivity contribution in [3.05, 3.63) is 35.4 Å². The maximum Gasteiger partial charge on any atom is 0.164 e. The second-order valence-electron chi connectivity index (χ2n) is 3.64. The van der Waals surface area contributed by atoms with Crippen molar-refractivity contribution in [1.29, 1.82) is 0 Å². The largest absolute Gasteiger partial charge is 0.387 e. The van der Waals surface area contributed by atoms with E-state index in [1.54, 1.807) is 11.8 Å². The first-order valence-electron chi connectivity index (χ1n) is 4.93. The van der Waals surface area contributed by atoms with Gasteiger partial charge in [0.25, 0.3) is 0 Å². The van der Waals surface area contributed by atoms with Crippen molar-refractivity contribution in [3.63, 3.8) is 0 Å². The van der Waals surface area contributed by atoms with Crippen molar-refractivity contribution in [3.8, 4) is 0 Å². The molecule has 1 aromatic rings. The summed E-state index contributed by atoms with van der Waals surface area (Å²) in [6, 6.07) is 3.94. The second kappa shape index (κ2) is 4.49. The van der Waals surface area contributed by atoms with E-state index in [0.717, 1.165) is 24.7 Å². The fourth-order valence-electron chi connectivity index (χ4n) is 1.80. The molecule has 1 nitrogen and oxygen atoms in total. The zero-order valence-corrected chi connectivity index (χ0v) is 8.94. The minimum absolute atomic E-state index is 0.00120. The van der Waals surface area contributed by atoms with Gasteiger partial charge in [0.1, 0.15) is 0 Å². The lowest BCUT2D eigenvalue weighted by Gasteiger charge is -2.17. The van der Waals surface area contributed by atoms with Crippen LogP contribution in [-0.4, -0.2) is 16.1 Å². The highest BCUT2D eigenvalue weighted by atomic mass is 32.2. The average molecular weight is 230 g/mol. The van der Waals surface area contributed by atoms with Crippen LogP contribution in [0, 0.1) is 11.6 Å². The first-order chi connectivity index (χ1) is 7.20. The summed E-state index contributed by atoms with van der Waals surface area (Å²) >= 11 is 1.62. The lowest BCUT2D eigenvalue weighted by Crippen LogP contribution is -2.14. The van der Waals surface area contributed by atoms with Gasteiger partial charge < -0.3 is 5.11 Å². The number of rotatable bonds is 2. The SMILES string of the molecule is OC(c1cccc(F)c1F)C1CCCS1. The summed E-state index contributed by atoms with van der Waals surface area (Å²) in [5.74, 6) is -0.828. The molecule has 1 aliphatic rings. The molecule has 0 aromatic heterocycles. The van der Waals surface area contributed by atoms with E-state index in [2.05, 4.69) is 0 Å². The topological polar surface area (TPSA) is 20.2 Å². The van der Waals surface area contributed by atoms with Crippen LogP contribution in [0.1, 0.15) is 24.5 Å². The number of halogens is 2. The molecule has 82 valence electrons. The third-order valence-corrected chi connectivity index (χ3v) is 4.06. The van der Waals surface area contributed by atoms with Crippen LogP contribution in [0.3, 0.4) is 0 Å². The van der Waals surface area contributed by atoms with E-state index in [1.807, 2.05) is 0 Å². The van der Waals surface area contributed by atoms with Gasteiger partial charge in [-0.15, -0.1) is 0 Å². The van der Waals surface area contributed by atoms with Gasteiger partial charge in [0.15, 0.2) is 11.6 Å². The van der Waals surface area contributed by atoms with Crippen LogP contribution in [0.2, 0.25) is 0 Å². The van der Waals surface area contributed by atoms with Gasteiger partial charge in [-0.3, -0.25) is 0 Å². The number of aliphatic hydroxyl groups is 1. The van der Waals surface area contributed by atoms with Crippen LogP contribution >= 0.6 is 11.8 Å². The Morgan fingerprint density at radius 3 is 2.87 bits per heavy atom. The molecule has 1 heterocycles. The quantitative estimate of drug-likeness (QED) is 0.843. The van der Waals surface area contributed by atoms with Gasteiger partial charge in [0.05, 0.1) is 6.10 Å². The van der Waals surface area contributed by atoms with Crippen LogP contribution in [0.5, 0.6) is 0 Å². The summed E-state index contributed by atoms with van der Waals surface area (Å²) in [4.78, 5) is 0. The van der Waals surface area contributed by atoms with E-state index < -0.39 is 17.7 Å². The lowest BCUT2D eigenvalue weighted by atomic mass is 10.0. The highest BCUT2D eigenvalue weighted by Gasteiger charge is 2.27. The van der Waals surface area contributed by atoms with Crippen molar-refractivity contribution in [2.75, 3.05) is 5.75 Å². The molecule has 2 atom stereocenters. The van der Waals surface area contributed by atoms with E-state index >= 15 is 0 Å². The molecule has 1 N–H and O–H groups in total. The molecule has 2 rings (SSSR count). The molecule has 0 spiro atoms. The van der Waals surface area contributed by atoms with Crippen molar-refractivity contribution < 1.29 is 13.9 Å². The lowest BCUT2D eigenvalue weighted by molar-refractivity contribution is 0.167. The molecule has 15 heavy (non-hydrogen) atoms. The molecule has 1 aromatic carbocycles. The summed E-state index contributed by atoms with van der Waals surface area (Å²) in [6.45, 7) is 0. The highest BCUT2D eigenvalue weighted by molar-refractivity contribution is 8.00. The van der Waals surface area contributed by atoms with Crippen LogP contribution in [0.25, 0.3) is 0 Å². The number of aliphatic hydroxyl groups excluding tert-OH is 1. The number of benzene rings is 1. The zero-order valence-electron chi connectivity index (χ0n) is 8.12. The summed E-state index contributed by atoms with van der Waals surface area (Å²) in [7, 11) is 0. The van der Waals surface area contributed by atoms with Crippen LogP contribution in [0.4, 0.5) is 8.78 Å². The molecular weight excluding hydrogens is 218 g/mol. The van der Waals surface area contributed by atoms with E-state index in [0.29, 0.717) is 0 Å². The Morgan fingerprint density at radius 1 is 1.40 bits per heavy atom. The smallest absolute Gasteiger partial charge is 0.164 e. The van der Waals surface area contributed by atoms with E-state index in [4.69, 9.17) is 0 Å². The fraction of sp³-hybridized carbons (Fsp3) is 0.455. The van der Waals surface area contributed by atoms with Crippen molar-refractivity contribution >= 4 is 11.8 Å². The van der Waals surface area contributed by atoms with Crippen molar-refractivity contribution in [1.82, 2.24) is 0 Å². The Kier molecular flexibility index (Phi) is 3.26. The predicted octanol–water partition coefficient (Wildman–Crippen LogP) is 2.89. The van der Waals surface area contributed by atoms with Crippen molar-refractivity contribution in [2.24, 2.45) is 0 Å². The van der Waals surface area contributed by atoms with Gasteiger partial charge in [-0.1, -0.05) is 12.1 Å². The molecule has 1 fully saturated rings. The van der Waals surface area contributed by atoms with Gasteiger partial charge in [0.2, 0.25) is 0 Å². The molecule has 0 aliphatic carbocycles. The number of thioether (sulfide) groups is 1. The summed E-state index contributed by atoms with van der Waals surface area (Å²) in [5, 5.41) is 9.90. The van der Waals surface area contributed by atoms with E-state index in [1.165, 1.54) is 12.1 Å². The van der Waals surface area contributed by atoms with E-state index in [9.17, 15) is 13.9 Å². The van der Waals surface area contributed by atoms with Gasteiger partial charge in [-0.25, -0.2) is 8.78 Å². The Balaban J connectivity index is 2.24. The van der Waals surface area contributed by atoms with Crippen LogP contribution in [0.15, 0.2) is 18.2 Å². The number of hydrogen-bond acceptors (Lipinski definition) is 2. The van der Waals surface area contributed by atoms with Gasteiger partial charge >= 0.3 is 0 Å². The molecule has 1 saturated heterocycles. The molecular formula is C11H12F2OS. The second-order valence-corrected chi connectivity index (χ2v) is 4.99. The normalized spacial score (nSPS) is 23.0. The highest BCUT2D eigenvalue weighted by Crippen LogP contribution is 2.36. The Labute approximate surface area is 91.5 Å². The van der Waals surface area contributed by atoms with Crippen LogP contribution in [-0.2, 0) is 0 Å². The minimum atomic E-state index is -0.919. The Hall–Kier alpha value is -0.610. The number of hydrogen-bond donors (Lipinski definition) is 1. The van der Waals surface area contributed by atoms with Gasteiger partial charge in [0, 0.05) is 10.8 Å². The third kappa shape index (κ3) is 2.16. The average Bonchev–Trinajstić information content (AvgIpc) is 2.74.